The maximum Gasteiger partial charge on any atom is 0.271 e. The highest BCUT2D eigenvalue weighted by Crippen LogP contribution is 2.35. The zero-order chi connectivity index (χ0) is 23.0. The van der Waals surface area contributed by atoms with Crippen LogP contribution < -0.4 is 5.32 Å². The molecular formula is C27H31N3O3. The SMILES string of the molecule is C[C@@H]1CCCC[C@H]1NC(=O)[C@]1(C)Cn2c(ccc2-c2ccco2)C(=O)N1Cc1ccccc1. The molecular weight excluding hydrogens is 414 g/mol. The molecule has 0 saturated heterocycles. The number of nitrogens with zero attached hydrogens (tertiary/aromatic N) is 2. The lowest BCUT2D eigenvalue weighted by atomic mass is 9.85. The lowest BCUT2D eigenvalue weighted by Gasteiger charge is -2.45. The summed E-state index contributed by atoms with van der Waals surface area (Å²) in [5, 5.41) is 3.32. The van der Waals surface area contributed by atoms with Gasteiger partial charge in [0.2, 0.25) is 5.91 Å². The standard InChI is InChI=1S/C27H31N3O3/c1-19-9-6-7-12-21(19)28-26(32)27(2)18-29-22(24-13-8-16-33-24)14-15-23(29)25(31)30(27)17-20-10-4-3-5-11-20/h3-5,8,10-11,13-16,19,21H,6-7,9,12,17-18H2,1-2H3,(H,28,32)/t19-,21-,27+/m1/s1. The highest BCUT2D eigenvalue weighted by molar-refractivity contribution is 6.00. The molecule has 0 spiro atoms. The van der Waals surface area contributed by atoms with Crippen LogP contribution in [0.25, 0.3) is 11.5 Å². The number of carbonyl (C=O) groups is 2. The lowest BCUT2D eigenvalue weighted by Crippen LogP contribution is -2.65. The van der Waals surface area contributed by atoms with Crippen LogP contribution in [0.4, 0.5) is 0 Å². The van der Waals surface area contributed by atoms with Crippen LogP contribution in [-0.4, -0.2) is 32.9 Å². The Labute approximate surface area is 194 Å². The molecule has 1 fully saturated rings. The zero-order valence-corrected chi connectivity index (χ0v) is 19.3. The number of rotatable bonds is 5. The molecule has 2 amide bonds. The second kappa shape index (κ2) is 8.58. The number of carbonyl (C=O) groups excluding carboxylic acids is 2. The predicted molar refractivity (Wildman–Crippen MR) is 126 cm³/mol. The third-order valence-electron chi connectivity index (χ3n) is 7.38. The molecule has 6 heteroatoms. The maximum absolute atomic E-state index is 13.9. The minimum Gasteiger partial charge on any atom is -0.463 e. The topological polar surface area (TPSA) is 67.5 Å². The van der Waals surface area contributed by atoms with E-state index in [1.165, 1.54) is 6.42 Å². The third kappa shape index (κ3) is 3.88. The Morgan fingerprint density at radius 2 is 1.82 bits per heavy atom. The van der Waals surface area contributed by atoms with Crippen molar-refractivity contribution < 1.29 is 14.0 Å². The van der Waals surface area contributed by atoms with Gasteiger partial charge in [0.15, 0.2) is 0 Å². The molecule has 3 aromatic rings. The summed E-state index contributed by atoms with van der Waals surface area (Å²) in [5.74, 6) is 0.899. The van der Waals surface area contributed by atoms with Gasteiger partial charge in [-0.05, 0) is 55.5 Å². The fraction of sp³-hybridized carbons (Fsp3) is 0.407. The van der Waals surface area contributed by atoms with Crippen molar-refractivity contribution in [2.75, 3.05) is 0 Å². The molecule has 1 aromatic carbocycles. The Bertz CT molecular complexity index is 1130. The Balaban J connectivity index is 1.53. The van der Waals surface area contributed by atoms with Crippen LogP contribution in [0.2, 0.25) is 0 Å². The summed E-state index contributed by atoms with van der Waals surface area (Å²) < 4.78 is 7.56. The van der Waals surface area contributed by atoms with Gasteiger partial charge in [-0.3, -0.25) is 9.59 Å². The van der Waals surface area contributed by atoms with Gasteiger partial charge in [0, 0.05) is 12.6 Å². The number of furan rings is 1. The summed E-state index contributed by atoms with van der Waals surface area (Å²) in [6.45, 7) is 4.85. The number of hydrogen-bond acceptors (Lipinski definition) is 3. The van der Waals surface area contributed by atoms with Crippen LogP contribution >= 0.6 is 0 Å². The molecule has 0 unspecified atom stereocenters. The molecule has 1 N–H and O–H groups in total. The van der Waals surface area contributed by atoms with Gasteiger partial charge in [0.05, 0.1) is 18.5 Å². The number of aromatic nitrogens is 1. The summed E-state index contributed by atoms with van der Waals surface area (Å²) >= 11 is 0. The first-order chi connectivity index (χ1) is 16.0. The van der Waals surface area contributed by atoms with Crippen molar-refractivity contribution in [3.05, 3.63) is 72.1 Å². The van der Waals surface area contributed by atoms with Gasteiger partial charge in [0.1, 0.15) is 17.0 Å². The Hall–Kier alpha value is -3.28. The number of hydrogen-bond donors (Lipinski definition) is 1. The monoisotopic (exact) mass is 445 g/mol. The van der Waals surface area contributed by atoms with Crippen molar-refractivity contribution in [3.8, 4) is 11.5 Å². The van der Waals surface area contributed by atoms with E-state index >= 15 is 0 Å². The molecule has 2 aromatic heterocycles. The number of nitrogens with one attached hydrogen (secondary N) is 1. The van der Waals surface area contributed by atoms with E-state index < -0.39 is 5.54 Å². The fourth-order valence-corrected chi connectivity index (χ4v) is 5.28. The molecule has 33 heavy (non-hydrogen) atoms. The average molecular weight is 446 g/mol. The molecule has 2 aliphatic rings. The summed E-state index contributed by atoms with van der Waals surface area (Å²) in [7, 11) is 0. The van der Waals surface area contributed by atoms with Crippen LogP contribution in [-0.2, 0) is 17.9 Å². The summed E-state index contributed by atoms with van der Waals surface area (Å²) in [6.07, 6.45) is 6.07. The smallest absolute Gasteiger partial charge is 0.271 e. The quantitative estimate of drug-likeness (QED) is 0.610. The molecule has 1 saturated carbocycles. The van der Waals surface area contributed by atoms with E-state index in [0.717, 1.165) is 30.5 Å². The minimum atomic E-state index is -1.03. The van der Waals surface area contributed by atoms with Crippen molar-refractivity contribution in [2.45, 2.75) is 64.2 Å². The first-order valence-corrected chi connectivity index (χ1v) is 11.9. The summed E-state index contributed by atoms with van der Waals surface area (Å²) in [5.41, 5.74) is 1.36. The van der Waals surface area contributed by atoms with E-state index in [1.54, 1.807) is 11.2 Å². The lowest BCUT2D eigenvalue weighted by molar-refractivity contribution is -0.134. The largest absolute Gasteiger partial charge is 0.463 e. The van der Waals surface area contributed by atoms with E-state index in [0.29, 0.717) is 30.5 Å². The van der Waals surface area contributed by atoms with Crippen LogP contribution in [0, 0.1) is 5.92 Å². The molecule has 6 nitrogen and oxygen atoms in total. The normalized spacial score (nSPS) is 25.0. The molecule has 0 bridgehead atoms. The maximum atomic E-state index is 13.9. The van der Waals surface area contributed by atoms with E-state index in [1.807, 2.05) is 66.1 Å². The summed E-state index contributed by atoms with van der Waals surface area (Å²) in [6, 6.07) is 17.5. The number of amides is 2. The third-order valence-corrected chi connectivity index (χ3v) is 7.38. The highest BCUT2D eigenvalue weighted by atomic mass is 16.3. The second-order valence-corrected chi connectivity index (χ2v) is 9.66. The van der Waals surface area contributed by atoms with Crippen molar-refractivity contribution in [2.24, 2.45) is 5.92 Å². The van der Waals surface area contributed by atoms with Gasteiger partial charge in [0.25, 0.3) is 5.91 Å². The van der Waals surface area contributed by atoms with Crippen molar-refractivity contribution in [3.63, 3.8) is 0 Å². The number of fused-ring (bicyclic) bond motifs is 1. The van der Waals surface area contributed by atoms with Crippen LogP contribution in [0.1, 0.15) is 55.6 Å². The Morgan fingerprint density at radius 3 is 2.55 bits per heavy atom. The molecule has 1 aliphatic heterocycles. The number of benzene rings is 1. The minimum absolute atomic E-state index is 0.0877. The highest BCUT2D eigenvalue weighted by Gasteiger charge is 2.48. The molecule has 3 heterocycles. The van der Waals surface area contributed by atoms with E-state index in [9.17, 15) is 9.59 Å². The molecule has 3 atom stereocenters. The van der Waals surface area contributed by atoms with Crippen LogP contribution in [0.3, 0.4) is 0 Å². The molecule has 5 rings (SSSR count). The van der Waals surface area contributed by atoms with Gasteiger partial charge in [-0.1, -0.05) is 50.1 Å². The van der Waals surface area contributed by atoms with Crippen molar-refractivity contribution in [1.82, 2.24) is 14.8 Å². The van der Waals surface area contributed by atoms with Gasteiger partial charge in [-0.15, -0.1) is 0 Å². The second-order valence-electron chi connectivity index (χ2n) is 9.66. The van der Waals surface area contributed by atoms with Gasteiger partial charge in [-0.2, -0.15) is 0 Å². The van der Waals surface area contributed by atoms with Crippen LogP contribution in [0.15, 0.2) is 65.3 Å². The average Bonchev–Trinajstić information content (AvgIpc) is 3.49. The van der Waals surface area contributed by atoms with Gasteiger partial charge < -0.3 is 19.2 Å². The first-order valence-electron chi connectivity index (χ1n) is 11.9. The van der Waals surface area contributed by atoms with E-state index in [2.05, 4.69) is 12.2 Å². The van der Waals surface area contributed by atoms with Gasteiger partial charge >= 0.3 is 0 Å². The fourth-order valence-electron chi connectivity index (χ4n) is 5.28. The van der Waals surface area contributed by atoms with E-state index in [-0.39, 0.29) is 17.9 Å². The first kappa shape index (κ1) is 21.6. The molecule has 0 radical (unpaired) electrons. The van der Waals surface area contributed by atoms with Gasteiger partial charge in [-0.25, -0.2) is 0 Å². The summed E-state index contributed by atoms with van der Waals surface area (Å²) in [4.78, 5) is 29.4. The van der Waals surface area contributed by atoms with Crippen molar-refractivity contribution in [1.29, 1.82) is 0 Å². The zero-order valence-electron chi connectivity index (χ0n) is 19.3. The van der Waals surface area contributed by atoms with Crippen LogP contribution in [0.5, 0.6) is 0 Å². The molecule has 172 valence electrons. The van der Waals surface area contributed by atoms with E-state index in [4.69, 9.17) is 4.42 Å². The predicted octanol–water partition coefficient (Wildman–Crippen LogP) is 4.86. The Kier molecular flexibility index (Phi) is 5.60. The van der Waals surface area contributed by atoms with Crippen molar-refractivity contribution >= 4 is 11.8 Å². The molecule has 1 aliphatic carbocycles. The Morgan fingerprint density at radius 1 is 1.06 bits per heavy atom.